The minimum atomic E-state index is 1.16. The molecule has 0 radical (unpaired) electrons. The van der Waals surface area contributed by atoms with Crippen LogP contribution in [0.3, 0.4) is 0 Å². The second-order valence-corrected chi connectivity index (χ2v) is 4.81. The molecule has 2 aromatic carbocycles. The first-order valence-corrected chi connectivity index (χ1v) is 7.03. The van der Waals surface area contributed by atoms with Crippen molar-refractivity contribution in [2.45, 2.75) is 39.5 Å². The Balaban J connectivity index is 2.47. The summed E-state index contributed by atoms with van der Waals surface area (Å²) in [6.07, 6.45) is 4.73. The smallest absolute Gasteiger partial charge is 0.0149 e. The van der Waals surface area contributed by atoms with Gasteiger partial charge in [-0.25, -0.2) is 0 Å². The van der Waals surface area contributed by atoms with Crippen LogP contribution in [0.1, 0.15) is 37.8 Å². The van der Waals surface area contributed by atoms with Crippen LogP contribution in [0.15, 0.2) is 48.5 Å². The van der Waals surface area contributed by atoms with E-state index < -0.39 is 0 Å². The fourth-order valence-electron chi connectivity index (χ4n) is 2.54. The first-order valence-electron chi connectivity index (χ1n) is 7.03. The molecule has 0 nitrogen and oxygen atoms in total. The van der Waals surface area contributed by atoms with Crippen LogP contribution in [0, 0.1) is 0 Å². The van der Waals surface area contributed by atoms with Gasteiger partial charge in [-0.05, 0) is 35.1 Å². The zero-order chi connectivity index (χ0) is 12.8. The van der Waals surface area contributed by atoms with Crippen LogP contribution in [0.25, 0.3) is 11.1 Å². The lowest BCUT2D eigenvalue weighted by Crippen LogP contribution is -1.93. The molecule has 0 aliphatic rings. The predicted octanol–water partition coefficient (Wildman–Crippen LogP) is 5.26. The van der Waals surface area contributed by atoms with E-state index in [4.69, 9.17) is 0 Å². The molecule has 0 N–H and O–H groups in total. The van der Waals surface area contributed by atoms with Crippen molar-refractivity contribution in [2.24, 2.45) is 0 Å². The molecule has 94 valence electrons. The highest BCUT2D eigenvalue weighted by molar-refractivity contribution is 5.70. The van der Waals surface area contributed by atoms with Crippen LogP contribution >= 0.6 is 0 Å². The molecule has 0 spiro atoms. The Morgan fingerprint density at radius 1 is 0.611 bits per heavy atom. The van der Waals surface area contributed by atoms with E-state index in [9.17, 15) is 0 Å². The molecule has 0 saturated carbocycles. The van der Waals surface area contributed by atoms with E-state index in [-0.39, 0.29) is 0 Å². The minimum absolute atomic E-state index is 1.16. The topological polar surface area (TPSA) is 0 Å². The van der Waals surface area contributed by atoms with E-state index in [1.165, 1.54) is 35.1 Å². The van der Waals surface area contributed by atoms with Crippen LogP contribution in [-0.2, 0) is 12.8 Å². The molecule has 0 bridgehead atoms. The average molecular weight is 238 g/mol. The van der Waals surface area contributed by atoms with Gasteiger partial charge in [0.25, 0.3) is 0 Å². The Kier molecular flexibility index (Phi) is 4.58. The number of hydrogen-bond acceptors (Lipinski definition) is 0. The standard InChI is InChI=1S/C18H22/c1-3-9-15-11-5-7-13-17(15)18-14-8-6-12-16(18)10-4-2/h5-8,11-14H,3-4,9-10H2,1-2H3. The fourth-order valence-corrected chi connectivity index (χ4v) is 2.54. The van der Waals surface area contributed by atoms with Crippen LogP contribution in [0.5, 0.6) is 0 Å². The maximum absolute atomic E-state index is 2.27. The molecule has 18 heavy (non-hydrogen) atoms. The molecule has 0 amide bonds. The van der Waals surface area contributed by atoms with Gasteiger partial charge < -0.3 is 0 Å². The lowest BCUT2D eigenvalue weighted by Gasteiger charge is -2.13. The van der Waals surface area contributed by atoms with E-state index in [1.807, 2.05) is 0 Å². The highest BCUT2D eigenvalue weighted by Gasteiger charge is 2.07. The Hall–Kier alpha value is -1.56. The van der Waals surface area contributed by atoms with Crippen molar-refractivity contribution >= 4 is 0 Å². The molecule has 0 unspecified atom stereocenters. The SMILES string of the molecule is CCCc1ccccc1-c1ccccc1CCC. The monoisotopic (exact) mass is 238 g/mol. The van der Waals surface area contributed by atoms with E-state index in [0.717, 1.165) is 12.8 Å². The average Bonchev–Trinajstić information content (AvgIpc) is 2.41. The Labute approximate surface area is 111 Å². The third-order valence-electron chi connectivity index (χ3n) is 3.36. The van der Waals surface area contributed by atoms with Gasteiger partial charge >= 0.3 is 0 Å². The van der Waals surface area contributed by atoms with Crippen molar-refractivity contribution in [2.75, 3.05) is 0 Å². The summed E-state index contributed by atoms with van der Waals surface area (Å²) in [7, 11) is 0. The van der Waals surface area contributed by atoms with Gasteiger partial charge in [0.15, 0.2) is 0 Å². The summed E-state index contributed by atoms with van der Waals surface area (Å²) in [6.45, 7) is 4.49. The maximum Gasteiger partial charge on any atom is -0.0149 e. The van der Waals surface area contributed by atoms with Crippen molar-refractivity contribution in [1.82, 2.24) is 0 Å². The Bertz CT molecular complexity index is 449. The third-order valence-corrected chi connectivity index (χ3v) is 3.36. The van der Waals surface area contributed by atoms with Gasteiger partial charge in [-0.1, -0.05) is 75.2 Å². The molecule has 2 aromatic rings. The van der Waals surface area contributed by atoms with E-state index >= 15 is 0 Å². The highest BCUT2D eigenvalue weighted by atomic mass is 14.1. The quantitative estimate of drug-likeness (QED) is 0.666. The van der Waals surface area contributed by atoms with Crippen LogP contribution in [0.4, 0.5) is 0 Å². The molecule has 2 rings (SSSR count). The number of rotatable bonds is 5. The summed E-state index contributed by atoms with van der Waals surface area (Å²) in [5.41, 5.74) is 5.79. The Morgan fingerprint density at radius 3 is 1.39 bits per heavy atom. The van der Waals surface area contributed by atoms with Crippen molar-refractivity contribution < 1.29 is 0 Å². The molecule has 0 aliphatic carbocycles. The molecule has 0 saturated heterocycles. The van der Waals surface area contributed by atoms with Gasteiger partial charge in [0.1, 0.15) is 0 Å². The second kappa shape index (κ2) is 6.39. The van der Waals surface area contributed by atoms with E-state index in [1.54, 1.807) is 0 Å². The third kappa shape index (κ3) is 2.81. The first kappa shape index (κ1) is 12.9. The van der Waals surface area contributed by atoms with Crippen molar-refractivity contribution in [3.63, 3.8) is 0 Å². The largest absolute Gasteiger partial charge is 0.0651 e. The summed E-state index contributed by atoms with van der Waals surface area (Å²) in [6, 6.07) is 17.7. The lowest BCUT2D eigenvalue weighted by atomic mass is 9.92. The first-order chi connectivity index (χ1) is 8.86. The summed E-state index contributed by atoms with van der Waals surface area (Å²) < 4.78 is 0. The summed E-state index contributed by atoms with van der Waals surface area (Å²) in [5, 5.41) is 0. The minimum Gasteiger partial charge on any atom is -0.0651 e. The zero-order valence-electron chi connectivity index (χ0n) is 11.4. The maximum atomic E-state index is 2.27. The van der Waals surface area contributed by atoms with Gasteiger partial charge in [0, 0.05) is 0 Å². The van der Waals surface area contributed by atoms with Gasteiger partial charge in [-0.3, -0.25) is 0 Å². The molecule has 0 fully saturated rings. The predicted molar refractivity (Wildman–Crippen MR) is 79.9 cm³/mol. The van der Waals surface area contributed by atoms with Gasteiger partial charge in [-0.15, -0.1) is 0 Å². The van der Waals surface area contributed by atoms with Gasteiger partial charge in [0.2, 0.25) is 0 Å². The fraction of sp³-hybridized carbons (Fsp3) is 0.333. The number of aryl methyl sites for hydroxylation is 2. The van der Waals surface area contributed by atoms with Gasteiger partial charge in [-0.2, -0.15) is 0 Å². The van der Waals surface area contributed by atoms with Crippen LogP contribution in [-0.4, -0.2) is 0 Å². The molecular formula is C18H22. The normalized spacial score (nSPS) is 10.6. The molecule has 0 aliphatic heterocycles. The van der Waals surface area contributed by atoms with Crippen molar-refractivity contribution in [3.05, 3.63) is 59.7 Å². The van der Waals surface area contributed by atoms with Crippen molar-refractivity contribution in [3.8, 4) is 11.1 Å². The molecule has 0 atom stereocenters. The number of benzene rings is 2. The molecular weight excluding hydrogens is 216 g/mol. The molecule has 0 heteroatoms. The lowest BCUT2D eigenvalue weighted by molar-refractivity contribution is 0.914. The Morgan fingerprint density at radius 2 is 1.00 bits per heavy atom. The number of hydrogen-bond donors (Lipinski definition) is 0. The van der Waals surface area contributed by atoms with E-state index in [2.05, 4.69) is 62.4 Å². The highest BCUT2D eigenvalue weighted by Crippen LogP contribution is 2.28. The van der Waals surface area contributed by atoms with E-state index in [0.29, 0.717) is 0 Å². The van der Waals surface area contributed by atoms with Gasteiger partial charge in [0.05, 0.1) is 0 Å². The summed E-state index contributed by atoms with van der Waals surface area (Å²) in [4.78, 5) is 0. The van der Waals surface area contributed by atoms with Crippen molar-refractivity contribution in [1.29, 1.82) is 0 Å². The zero-order valence-corrected chi connectivity index (χ0v) is 11.4. The molecule has 0 aromatic heterocycles. The molecule has 0 heterocycles. The van der Waals surface area contributed by atoms with Crippen LogP contribution < -0.4 is 0 Å². The second-order valence-electron chi connectivity index (χ2n) is 4.81. The summed E-state index contributed by atoms with van der Waals surface area (Å²) in [5.74, 6) is 0. The summed E-state index contributed by atoms with van der Waals surface area (Å²) >= 11 is 0. The van der Waals surface area contributed by atoms with Crippen LogP contribution in [0.2, 0.25) is 0 Å².